The van der Waals surface area contributed by atoms with Crippen LogP contribution in [0.1, 0.15) is 0 Å². The maximum Gasteiger partial charge on any atom is 0.279 e. The van der Waals surface area contributed by atoms with Crippen molar-refractivity contribution in [2.75, 3.05) is 0 Å². The van der Waals surface area contributed by atoms with Crippen molar-refractivity contribution in [2.45, 2.75) is 0 Å². The third-order valence-corrected chi connectivity index (χ3v) is 5.49. The first-order chi connectivity index (χ1) is 14.6. The van der Waals surface area contributed by atoms with Crippen LogP contribution in [0.4, 0.5) is 10.1 Å². The Morgan fingerprint density at radius 2 is 1.87 bits per heavy atom. The minimum Gasteiger partial charge on any atom is -0.436 e. The Bertz CT molecular complexity index is 1420. The molecular weight excluding hydrogens is 407 g/mol. The molecule has 146 valence electrons. The summed E-state index contributed by atoms with van der Waals surface area (Å²) in [6.45, 7) is 0. The topological polar surface area (TPSA) is 91.0 Å². The van der Waals surface area contributed by atoms with Crippen LogP contribution >= 0.6 is 11.3 Å². The third kappa shape index (κ3) is 3.01. The first-order valence-corrected chi connectivity index (χ1v) is 9.68. The number of thiophene rings is 1. The van der Waals surface area contributed by atoms with Gasteiger partial charge in [-0.3, -0.25) is 15.1 Å². The van der Waals surface area contributed by atoms with E-state index in [4.69, 9.17) is 4.74 Å². The SMILES string of the molecule is O=[N+]([O-])c1ccc(Oc2ncnc3scc(-c4ccc(F)cc4)c23)c2ncccc12. The molecule has 0 aliphatic heterocycles. The minimum atomic E-state index is -0.456. The number of nitro groups is 1. The molecule has 0 saturated carbocycles. The molecule has 9 heteroatoms. The highest BCUT2D eigenvalue weighted by atomic mass is 32.1. The second-order valence-electron chi connectivity index (χ2n) is 6.36. The number of ether oxygens (including phenoxy) is 1. The standard InChI is InChI=1S/C21H11FN4O3S/c22-13-5-3-12(4-6-13)15-10-30-21-18(15)20(24-11-25-21)29-17-8-7-16(26(27)28)14-2-1-9-23-19(14)17/h1-11H. The molecular formula is C21H11FN4O3S. The number of nitrogens with zero attached hydrogens (tertiary/aromatic N) is 4. The zero-order valence-corrected chi connectivity index (χ0v) is 16.0. The van der Waals surface area contributed by atoms with Crippen LogP contribution in [0.2, 0.25) is 0 Å². The lowest BCUT2D eigenvalue weighted by molar-refractivity contribution is -0.383. The second-order valence-corrected chi connectivity index (χ2v) is 7.21. The van der Waals surface area contributed by atoms with Gasteiger partial charge in [-0.05, 0) is 35.9 Å². The van der Waals surface area contributed by atoms with E-state index in [1.807, 2.05) is 5.38 Å². The Morgan fingerprint density at radius 3 is 2.67 bits per heavy atom. The highest BCUT2D eigenvalue weighted by Gasteiger charge is 2.19. The summed E-state index contributed by atoms with van der Waals surface area (Å²) >= 11 is 1.42. The van der Waals surface area contributed by atoms with E-state index in [-0.39, 0.29) is 11.5 Å². The van der Waals surface area contributed by atoms with Gasteiger partial charge >= 0.3 is 0 Å². The fourth-order valence-electron chi connectivity index (χ4n) is 3.24. The Balaban J connectivity index is 1.67. The van der Waals surface area contributed by atoms with Gasteiger partial charge in [0.15, 0.2) is 5.75 Å². The zero-order valence-electron chi connectivity index (χ0n) is 15.2. The summed E-state index contributed by atoms with van der Waals surface area (Å²) in [6.07, 6.45) is 2.94. The number of hydrogen-bond donors (Lipinski definition) is 0. The van der Waals surface area contributed by atoms with E-state index in [1.165, 1.54) is 41.9 Å². The van der Waals surface area contributed by atoms with Crippen LogP contribution < -0.4 is 4.74 Å². The van der Waals surface area contributed by atoms with Gasteiger partial charge in [-0.1, -0.05) is 12.1 Å². The van der Waals surface area contributed by atoms with Crippen LogP contribution in [-0.2, 0) is 0 Å². The smallest absolute Gasteiger partial charge is 0.279 e. The third-order valence-electron chi connectivity index (χ3n) is 4.60. The van der Waals surface area contributed by atoms with Crippen molar-refractivity contribution < 1.29 is 14.1 Å². The van der Waals surface area contributed by atoms with Gasteiger partial charge in [-0.15, -0.1) is 11.3 Å². The fraction of sp³-hybridized carbons (Fsp3) is 0. The van der Waals surface area contributed by atoms with Crippen LogP contribution in [0.5, 0.6) is 11.6 Å². The van der Waals surface area contributed by atoms with E-state index in [1.54, 1.807) is 30.5 Å². The monoisotopic (exact) mass is 418 g/mol. The lowest BCUT2D eigenvalue weighted by Crippen LogP contribution is -1.95. The number of hydrogen-bond acceptors (Lipinski definition) is 7. The van der Waals surface area contributed by atoms with Crippen molar-refractivity contribution >= 4 is 38.1 Å². The molecule has 5 aromatic rings. The van der Waals surface area contributed by atoms with Gasteiger partial charge in [0.2, 0.25) is 5.88 Å². The maximum atomic E-state index is 13.3. The number of non-ortho nitro benzene ring substituents is 1. The predicted molar refractivity (Wildman–Crippen MR) is 111 cm³/mol. The minimum absolute atomic E-state index is 0.0548. The highest BCUT2D eigenvalue weighted by molar-refractivity contribution is 7.17. The van der Waals surface area contributed by atoms with Crippen LogP contribution in [0, 0.1) is 15.9 Å². The average molecular weight is 418 g/mol. The molecule has 3 heterocycles. The normalized spacial score (nSPS) is 11.1. The van der Waals surface area contributed by atoms with Crippen LogP contribution in [0.25, 0.3) is 32.2 Å². The second kappa shape index (κ2) is 7.12. The average Bonchev–Trinajstić information content (AvgIpc) is 3.19. The number of aromatic nitrogens is 3. The number of pyridine rings is 1. The molecule has 0 spiro atoms. The van der Waals surface area contributed by atoms with E-state index in [0.29, 0.717) is 32.7 Å². The first-order valence-electron chi connectivity index (χ1n) is 8.80. The van der Waals surface area contributed by atoms with Crippen LogP contribution in [0.3, 0.4) is 0 Å². The lowest BCUT2D eigenvalue weighted by Gasteiger charge is -2.10. The van der Waals surface area contributed by atoms with Crippen molar-refractivity contribution in [1.29, 1.82) is 0 Å². The van der Waals surface area contributed by atoms with Gasteiger partial charge in [0, 0.05) is 23.2 Å². The van der Waals surface area contributed by atoms with E-state index < -0.39 is 4.92 Å². The van der Waals surface area contributed by atoms with Crippen molar-refractivity contribution in [3.05, 3.63) is 82.4 Å². The van der Waals surface area contributed by atoms with Gasteiger partial charge < -0.3 is 4.74 Å². The van der Waals surface area contributed by atoms with Crippen molar-refractivity contribution in [1.82, 2.24) is 15.0 Å². The molecule has 0 radical (unpaired) electrons. The Labute approximate surface area is 172 Å². The molecule has 0 N–H and O–H groups in total. The van der Waals surface area contributed by atoms with E-state index in [2.05, 4.69) is 15.0 Å². The molecule has 0 saturated heterocycles. The van der Waals surface area contributed by atoms with Gasteiger partial charge in [-0.25, -0.2) is 14.4 Å². The number of fused-ring (bicyclic) bond motifs is 2. The number of rotatable bonds is 4. The van der Waals surface area contributed by atoms with Crippen molar-refractivity contribution in [3.63, 3.8) is 0 Å². The lowest BCUT2D eigenvalue weighted by atomic mass is 10.1. The van der Waals surface area contributed by atoms with Crippen molar-refractivity contribution in [2.24, 2.45) is 0 Å². The van der Waals surface area contributed by atoms with Gasteiger partial charge in [0.25, 0.3) is 5.69 Å². The van der Waals surface area contributed by atoms with E-state index in [9.17, 15) is 14.5 Å². The Hall–Kier alpha value is -3.98. The first kappa shape index (κ1) is 18.1. The molecule has 0 amide bonds. The van der Waals surface area contributed by atoms with E-state index >= 15 is 0 Å². The van der Waals surface area contributed by atoms with Crippen LogP contribution in [-0.4, -0.2) is 19.9 Å². The molecule has 2 aromatic carbocycles. The summed E-state index contributed by atoms with van der Waals surface area (Å²) < 4.78 is 19.4. The Morgan fingerprint density at radius 1 is 1.03 bits per heavy atom. The quantitative estimate of drug-likeness (QED) is 0.273. The zero-order chi connectivity index (χ0) is 20.7. The van der Waals surface area contributed by atoms with E-state index in [0.717, 1.165) is 11.1 Å². The van der Waals surface area contributed by atoms with Crippen molar-refractivity contribution in [3.8, 4) is 22.8 Å². The molecule has 0 unspecified atom stereocenters. The summed E-state index contributed by atoms with van der Waals surface area (Å²) in [4.78, 5) is 24.4. The van der Waals surface area contributed by atoms with Crippen LogP contribution in [0.15, 0.2) is 66.4 Å². The Kier molecular flexibility index (Phi) is 4.29. The van der Waals surface area contributed by atoms with Gasteiger partial charge in [0.1, 0.15) is 22.5 Å². The molecule has 30 heavy (non-hydrogen) atoms. The summed E-state index contributed by atoms with van der Waals surface area (Å²) in [5, 5.41) is 14.3. The predicted octanol–water partition coefficient (Wildman–Crippen LogP) is 5.75. The molecule has 0 bridgehead atoms. The largest absolute Gasteiger partial charge is 0.436 e. The molecule has 0 aliphatic rings. The molecule has 3 aromatic heterocycles. The fourth-order valence-corrected chi connectivity index (χ4v) is 4.15. The summed E-state index contributed by atoms with van der Waals surface area (Å²) in [7, 11) is 0. The number of benzene rings is 2. The summed E-state index contributed by atoms with van der Waals surface area (Å²) in [5.41, 5.74) is 1.91. The van der Waals surface area contributed by atoms with Gasteiger partial charge in [0.05, 0.1) is 15.7 Å². The molecule has 0 aliphatic carbocycles. The molecule has 7 nitrogen and oxygen atoms in total. The molecule has 0 fully saturated rings. The summed E-state index contributed by atoms with van der Waals surface area (Å²) in [6, 6.07) is 12.3. The summed E-state index contributed by atoms with van der Waals surface area (Å²) in [5.74, 6) is 0.309. The molecule has 0 atom stereocenters. The van der Waals surface area contributed by atoms with Gasteiger partial charge in [-0.2, -0.15) is 0 Å². The highest BCUT2D eigenvalue weighted by Crippen LogP contribution is 2.40. The maximum absolute atomic E-state index is 13.3. The number of nitro benzene ring substituents is 1. The molecule has 5 rings (SSSR count). The number of halogens is 1.